The third-order valence-electron chi connectivity index (χ3n) is 2.90. The molecular weight excluding hydrogens is 320 g/mol. The lowest BCUT2D eigenvalue weighted by Gasteiger charge is -2.22. The number of nitrogens with zero attached hydrogens (tertiary/aromatic N) is 1. The average molecular weight is 340 g/mol. The molecule has 1 amide bonds. The van der Waals surface area contributed by atoms with Crippen LogP contribution in [0, 0.1) is 10.1 Å². The summed E-state index contributed by atoms with van der Waals surface area (Å²) in [5.41, 5.74) is -1.00. The molecule has 1 aromatic rings. The van der Waals surface area contributed by atoms with Crippen molar-refractivity contribution >= 4 is 17.7 Å². The van der Waals surface area contributed by atoms with Crippen molar-refractivity contribution in [1.29, 1.82) is 0 Å². The fourth-order valence-electron chi connectivity index (χ4n) is 1.97. The molecule has 0 saturated carbocycles. The van der Waals surface area contributed by atoms with Gasteiger partial charge in [-0.05, 0) is 26.8 Å². The van der Waals surface area contributed by atoms with E-state index in [1.807, 2.05) is 0 Å². The Balaban J connectivity index is 3.04. The number of rotatable bonds is 6. The number of nitro benzene ring substituents is 1. The summed E-state index contributed by atoms with van der Waals surface area (Å²) in [4.78, 5) is 33.7. The molecule has 0 aromatic heterocycles. The number of nitrogens with one attached hydrogen (secondary N) is 1. The van der Waals surface area contributed by atoms with E-state index in [1.165, 1.54) is 25.3 Å². The number of benzene rings is 1. The number of hydrogen-bond donors (Lipinski definition) is 2. The molecule has 0 aliphatic carbocycles. The fraction of sp³-hybridized carbons (Fsp3) is 0.467. The van der Waals surface area contributed by atoms with Gasteiger partial charge in [0, 0.05) is 12.0 Å². The Kier molecular flexibility index (Phi) is 6.10. The molecule has 0 heterocycles. The Morgan fingerprint density at radius 2 is 2.00 bits per heavy atom. The zero-order valence-corrected chi connectivity index (χ0v) is 13.9. The summed E-state index contributed by atoms with van der Waals surface area (Å²) in [7, 11) is 1.28. The molecule has 1 rings (SSSR count). The molecule has 9 heteroatoms. The van der Waals surface area contributed by atoms with Crippen molar-refractivity contribution in [2.24, 2.45) is 0 Å². The van der Waals surface area contributed by atoms with Gasteiger partial charge in [-0.25, -0.2) is 9.59 Å². The Bertz CT molecular complexity index is 637. The van der Waals surface area contributed by atoms with Gasteiger partial charge in [0.2, 0.25) is 0 Å². The largest absolute Gasteiger partial charge is 0.490 e. The van der Waals surface area contributed by atoms with Gasteiger partial charge in [-0.3, -0.25) is 10.1 Å². The average Bonchev–Trinajstić information content (AvgIpc) is 2.43. The number of carboxylic acid groups (broad SMARTS) is 1. The van der Waals surface area contributed by atoms with Gasteiger partial charge in [0.15, 0.2) is 5.75 Å². The molecule has 0 aliphatic heterocycles. The maximum Gasteiger partial charge on any atom is 0.408 e. The second-order valence-electron chi connectivity index (χ2n) is 5.97. The number of hydrogen-bond acceptors (Lipinski definition) is 6. The number of ether oxygens (including phenoxy) is 2. The second-order valence-corrected chi connectivity index (χ2v) is 5.97. The topological polar surface area (TPSA) is 128 Å². The SMILES string of the molecule is COc1cccc(CC(NC(=O)OC(C)(C)C)C(=O)O)c1[N+](=O)[O-]. The van der Waals surface area contributed by atoms with Gasteiger partial charge in [-0.1, -0.05) is 12.1 Å². The molecule has 1 aromatic carbocycles. The van der Waals surface area contributed by atoms with Crippen LogP contribution in [0.25, 0.3) is 0 Å². The molecule has 0 radical (unpaired) electrons. The normalized spacial score (nSPS) is 12.2. The van der Waals surface area contributed by atoms with Gasteiger partial charge in [-0.2, -0.15) is 0 Å². The number of alkyl carbamates (subject to hydrolysis) is 1. The van der Waals surface area contributed by atoms with Crippen LogP contribution in [0.3, 0.4) is 0 Å². The van der Waals surface area contributed by atoms with E-state index in [2.05, 4.69) is 5.32 Å². The number of aliphatic carboxylic acids is 1. The highest BCUT2D eigenvalue weighted by molar-refractivity contribution is 5.80. The van der Waals surface area contributed by atoms with E-state index < -0.39 is 28.6 Å². The number of nitro groups is 1. The minimum absolute atomic E-state index is 0.0129. The first-order valence-corrected chi connectivity index (χ1v) is 7.07. The van der Waals surface area contributed by atoms with Gasteiger partial charge >= 0.3 is 17.7 Å². The lowest BCUT2D eigenvalue weighted by molar-refractivity contribution is -0.386. The monoisotopic (exact) mass is 340 g/mol. The first-order valence-electron chi connectivity index (χ1n) is 7.07. The quantitative estimate of drug-likeness (QED) is 0.599. The molecule has 0 fully saturated rings. The van der Waals surface area contributed by atoms with Crippen molar-refractivity contribution in [1.82, 2.24) is 5.32 Å². The number of carbonyl (C=O) groups is 2. The van der Waals surface area contributed by atoms with Crippen LogP contribution in [0.5, 0.6) is 5.75 Å². The van der Waals surface area contributed by atoms with Crippen molar-refractivity contribution in [3.8, 4) is 5.75 Å². The Labute approximate surface area is 138 Å². The van der Waals surface area contributed by atoms with Gasteiger partial charge < -0.3 is 19.9 Å². The van der Waals surface area contributed by atoms with E-state index in [1.54, 1.807) is 20.8 Å². The van der Waals surface area contributed by atoms with Crippen molar-refractivity contribution in [2.75, 3.05) is 7.11 Å². The Morgan fingerprint density at radius 1 is 1.38 bits per heavy atom. The minimum atomic E-state index is -1.38. The molecule has 1 unspecified atom stereocenters. The van der Waals surface area contributed by atoms with E-state index in [0.29, 0.717) is 0 Å². The molecule has 24 heavy (non-hydrogen) atoms. The van der Waals surface area contributed by atoms with E-state index in [0.717, 1.165) is 0 Å². The van der Waals surface area contributed by atoms with E-state index in [4.69, 9.17) is 9.47 Å². The molecule has 132 valence electrons. The predicted molar refractivity (Wildman–Crippen MR) is 84.1 cm³/mol. The maximum absolute atomic E-state index is 11.8. The summed E-state index contributed by atoms with van der Waals surface area (Å²) in [5, 5.41) is 22.7. The van der Waals surface area contributed by atoms with Crippen molar-refractivity contribution in [3.63, 3.8) is 0 Å². The summed E-state index contributed by atoms with van der Waals surface area (Å²) in [6.07, 6.45) is -1.21. The van der Waals surface area contributed by atoms with Gasteiger partial charge in [0.25, 0.3) is 0 Å². The Morgan fingerprint density at radius 3 is 2.46 bits per heavy atom. The van der Waals surface area contributed by atoms with Crippen molar-refractivity contribution in [3.05, 3.63) is 33.9 Å². The highest BCUT2D eigenvalue weighted by atomic mass is 16.6. The smallest absolute Gasteiger partial charge is 0.408 e. The first-order chi connectivity index (χ1) is 11.0. The maximum atomic E-state index is 11.8. The van der Waals surface area contributed by atoms with Gasteiger partial charge in [0.05, 0.1) is 12.0 Å². The number of carbonyl (C=O) groups excluding carboxylic acids is 1. The lowest BCUT2D eigenvalue weighted by Crippen LogP contribution is -2.44. The molecule has 0 saturated heterocycles. The summed E-state index contributed by atoms with van der Waals surface area (Å²) in [6, 6.07) is 2.94. The highest BCUT2D eigenvalue weighted by Crippen LogP contribution is 2.31. The molecule has 0 aliphatic rings. The fourth-order valence-corrected chi connectivity index (χ4v) is 1.97. The lowest BCUT2D eigenvalue weighted by atomic mass is 10.0. The van der Waals surface area contributed by atoms with Crippen LogP contribution < -0.4 is 10.1 Å². The summed E-state index contributed by atoms with van der Waals surface area (Å²) in [6.45, 7) is 4.90. The van der Waals surface area contributed by atoms with E-state index in [9.17, 15) is 24.8 Å². The van der Waals surface area contributed by atoms with Crippen LogP contribution in [-0.2, 0) is 16.0 Å². The molecular formula is C15H20N2O7. The number of amides is 1. The van der Waals surface area contributed by atoms with Crippen LogP contribution >= 0.6 is 0 Å². The van der Waals surface area contributed by atoms with Gasteiger partial charge in [0.1, 0.15) is 11.6 Å². The number of carboxylic acids is 1. The zero-order valence-electron chi connectivity index (χ0n) is 13.9. The third kappa shape index (κ3) is 5.41. The highest BCUT2D eigenvalue weighted by Gasteiger charge is 2.28. The standard InChI is InChI=1S/C15H20N2O7/c1-15(2,3)24-14(20)16-10(13(18)19)8-9-6-5-7-11(23-4)12(9)17(21)22/h5-7,10H,8H2,1-4H3,(H,16,20)(H,18,19). The summed E-state index contributed by atoms with van der Waals surface area (Å²) < 4.78 is 9.94. The van der Waals surface area contributed by atoms with Crippen LogP contribution in [0.1, 0.15) is 26.3 Å². The molecule has 0 bridgehead atoms. The molecule has 0 spiro atoms. The third-order valence-corrected chi connectivity index (χ3v) is 2.90. The Hall–Kier alpha value is -2.84. The first kappa shape index (κ1) is 19.2. The summed E-state index contributed by atoms with van der Waals surface area (Å²) >= 11 is 0. The molecule has 2 N–H and O–H groups in total. The van der Waals surface area contributed by atoms with Gasteiger partial charge in [-0.15, -0.1) is 0 Å². The van der Waals surface area contributed by atoms with Crippen LogP contribution in [0.4, 0.5) is 10.5 Å². The predicted octanol–water partition coefficient (Wildman–Crippen LogP) is 2.12. The van der Waals surface area contributed by atoms with Crippen molar-refractivity contribution in [2.45, 2.75) is 38.8 Å². The molecule has 9 nitrogen and oxygen atoms in total. The minimum Gasteiger partial charge on any atom is -0.490 e. The van der Waals surface area contributed by atoms with Crippen LogP contribution in [-0.4, -0.2) is 40.8 Å². The molecule has 1 atom stereocenters. The zero-order chi connectivity index (χ0) is 18.5. The van der Waals surface area contributed by atoms with Crippen molar-refractivity contribution < 1.29 is 29.1 Å². The van der Waals surface area contributed by atoms with E-state index >= 15 is 0 Å². The summed E-state index contributed by atoms with van der Waals surface area (Å²) in [5.74, 6) is -1.32. The van der Waals surface area contributed by atoms with E-state index in [-0.39, 0.29) is 23.4 Å². The second kappa shape index (κ2) is 7.62. The van der Waals surface area contributed by atoms with Crippen LogP contribution in [0.15, 0.2) is 18.2 Å². The number of methoxy groups -OCH3 is 1. The number of para-hydroxylation sites is 1. The van der Waals surface area contributed by atoms with Crippen LogP contribution in [0.2, 0.25) is 0 Å².